The van der Waals surface area contributed by atoms with Crippen LogP contribution in [0.3, 0.4) is 0 Å². The van der Waals surface area contributed by atoms with Gasteiger partial charge in [0.05, 0.1) is 16.7 Å². The van der Waals surface area contributed by atoms with E-state index in [0.717, 1.165) is 37.0 Å². The van der Waals surface area contributed by atoms with Crippen LogP contribution in [-0.2, 0) is 11.3 Å². The fourth-order valence-electron chi connectivity index (χ4n) is 6.42. The summed E-state index contributed by atoms with van der Waals surface area (Å²) >= 11 is 1.40. The lowest BCUT2D eigenvalue weighted by atomic mass is 9.48. The van der Waals surface area contributed by atoms with Crippen molar-refractivity contribution in [2.24, 2.45) is 23.2 Å². The van der Waals surface area contributed by atoms with Gasteiger partial charge in [0.2, 0.25) is 0 Å². The Balaban J connectivity index is 1.40. The highest BCUT2D eigenvalue weighted by Crippen LogP contribution is 2.60. The van der Waals surface area contributed by atoms with E-state index in [1.165, 1.54) is 31.0 Å². The lowest BCUT2D eigenvalue weighted by molar-refractivity contribution is -0.141. The van der Waals surface area contributed by atoms with E-state index in [4.69, 9.17) is 4.98 Å². The smallest absolute Gasteiger partial charge is 0.262 e. The van der Waals surface area contributed by atoms with Gasteiger partial charge in [0.15, 0.2) is 5.16 Å². The number of hydrogen-bond acceptors (Lipinski definition) is 5. The zero-order valence-corrected chi connectivity index (χ0v) is 17.5. The van der Waals surface area contributed by atoms with Crippen molar-refractivity contribution in [3.05, 3.63) is 34.6 Å². The number of hydrogen-bond donors (Lipinski definition) is 1. The molecule has 0 aliphatic heterocycles. The van der Waals surface area contributed by atoms with Crippen LogP contribution in [-0.4, -0.2) is 32.8 Å². The number of ketones is 1. The van der Waals surface area contributed by atoms with Crippen molar-refractivity contribution in [3.63, 3.8) is 0 Å². The minimum absolute atomic E-state index is 0.0234. The van der Waals surface area contributed by atoms with Crippen molar-refractivity contribution < 1.29 is 9.90 Å². The van der Waals surface area contributed by atoms with E-state index in [0.29, 0.717) is 40.6 Å². The predicted octanol–water partition coefficient (Wildman–Crippen LogP) is 3.66. The molecule has 5 nitrogen and oxygen atoms in total. The van der Waals surface area contributed by atoms with Crippen molar-refractivity contribution in [2.45, 2.75) is 56.6 Å². The average molecular weight is 413 g/mol. The number of rotatable bonds is 7. The van der Waals surface area contributed by atoms with Crippen LogP contribution in [0.1, 0.15) is 44.9 Å². The molecule has 29 heavy (non-hydrogen) atoms. The number of carbonyl (C=O) groups excluding carboxylic acids is 1. The summed E-state index contributed by atoms with van der Waals surface area (Å²) in [4.78, 5) is 31.0. The van der Waals surface area contributed by atoms with Gasteiger partial charge < -0.3 is 5.11 Å². The van der Waals surface area contributed by atoms with Crippen LogP contribution in [0.15, 0.2) is 34.2 Å². The number of para-hydroxylation sites is 1. The SMILES string of the molecule is O=C(CSc1nc2ccccc2c(=O)n1CCCO)C12CC3CC(CC(C3)C1)C2. The molecule has 1 aromatic heterocycles. The molecule has 6 rings (SSSR count). The number of Topliss-reactive ketones (excluding diaryl/α,β-unsaturated/α-hetero) is 1. The first kappa shape index (κ1) is 19.3. The Morgan fingerprint density at radius 1 is 1.14 bits per heavy atom. The lowest BCUT2D eigenvalue weighted by Gasteiger charge is -2.56. The first-order chi connectivity index (χ1) is 14.1. The molecular weight excluding hydrogens is 384 g/mol. The maximum absolute atomic E-state index is 13.4. The number of carbonyl (C=O) groups is 1. The van der Waals surface area contributed by atoms with Crippen molar-refractivity contribution in [3.8, 4) is 0 Å². The summed E-state index contributed by atoms with van der Waals surface area (Å²) in [7, 11) is 0. The second kappa shape index (κ2) is 7.55. The normalized spacial score (nSPS) is 30.2. The van der Waals surface area contributed by atoms with Crippen LogP contribution in [0.4, 0.5) is 0 Å². The molecule has 4 fully saturated rings. The quantitative estimate of drug-likeness (QED) is 0.555. The lowest BCUT2D eigenvalue weighted by Crippen LogP contribution is -2.50. The number of aliphatic hydroxyl groups is 1. The van der Waals surface area contributed by atoms with Crippen LogP contribution in [0.2, 0.25) is 0 Å². The molecule has 1 heterocycles. The van der Waals surface area contributed by atoms with Crippen LogP contribution in [0.25, 0.3) is 10.9 Å². The topological polar surface area (TPSA) is 72.2 Å². The second-order valence-corrected chi connectivity index (χ2v) is 10.3. The molecule has 0 amide bonds. The van der Waals surface area contributed by atoms with Gasteiger partial charge in [0, 0.05) is 18.6 Å². The fraction of sp³-hybridized carbons (Fsp3) is 0.609. The monoisotopic (exact) mass is 412 g/mol. The van der Waals surface area contributed by atoms with E-state index < -0.39 is 0 Å². The van der Waals surface area contributed by atoms with E-state index >= 15 is 0 Å². The Morgan fingerprint density at radius 3 is 2.45 bits per heavy atom. The zero-order valence-electron chi connectivity index (χ0n) is 16.7. The minimum atomic E-state index is -0.116. The molecule has 4 aliphatic rings. The van der Waals surface area contributed by atoms with E-state index in [9.17, 15) is 14.7 Å². The predicted molar refractivity (Wildman–Crippen MR) is 114 cm³/mol. The van der Waals surface area contributed by atoms with Crippen LogP contribution in [0, 0.1) is 23.2 Å². The number of fused-ring (bicyclic) bond motifs is 1. The largest absolute Gasteiger partial charge is 0.396 e. The molecule has 154 valence electrons. The molecule has 0 atom stereocenters. The van der Waals surface area contributed by atoms with Gasteiger partial charge in [-0.1, -0.05) is 23.9 Å². The van der Waals surface area contributed by atoms with Crippen molar-refractivity contribution in [1.29, 1.82) is 0 Å². The highest BCUT2D eigenvalue weighted by Gasteiger charge is 2.54. The van der Waals surface area contributed by atoms with E-state index in [1.54, 1.807) is 10.6 Å². The summed E-state index contributed by atoms with van der Waals surface area (Å²) in [5.41, 5.74) is 0.464. The highest BCUT2D eigenvalue weighted by molar-refractivity contribution is 7.99. The van der Waals surface area contributed by atoms with Crippen molar-refractivity contribution >= 4 is 28.4 Å². The molecule has 0 radical (unpaired) electrons. The number of nitrogens with zero attached hydrogens (tertiary/aromatic N) is 2. The van der Waals surface area contributed by atoms with Crippen molar-refractivity contribution in [1.82, 2.24) is 9.55 Å². The van der Waals surface area contributed by atoms with E-state index in [2.05, 4.69) is 0 Å². The first-order valence-corrected chi connectivity index (χ1v) is 11.8. The fourth-order valence-corrected chi connectivity index (χ4v) is 7.48. The summed E-state index contributed by atoms with van der Waals surface area (Å²) in [5, 5.41) is 10.4. The van der Waals surface area contributed by atoms with Crippen LogP contribution < -0.4 is 5.56 Å². The van der Waals surface area contributed by atoms with Crippen LogP contribution in [0.5, 0.6) is 0 Å². The average Bonchev–Trinajstić information content (AvgIpc) is 2.70. The third-order valence-corrected chi connectivity index (χ3v) is 8.30. The number of aromatic nitrogens is 2. The summed E-state index contributed by atoms with van der Waals surface area (Å²) in [6.07, 6.45) is 7.69. The van der Waals surface area contributed by atoms with Gasteiger partial charge in [0.25, 0.3) is 5.56 Å². The van der Waals surface area contributed by atoms with Crippen LogP contribution >= 0.6 is 11.8 Å². The summed E-state index contributed by atoms with van der Waals surface area (Å²) in [6.45, 7) is 0.441. The third kappa shape index (κ3) is 3.44. The summed E-state index contributed by atoms with van der Waals surface area (Å²) < 4.78 is 1.64. The van der Waals surface area contributed by atoms with Crippen molar-refractivity contribution in [2.75, 3.05) is 12.4 Å². The van der Waals surface area contributed by atoms with Gasteiger partial charge in [-0.15, -0.1) is 0 Å². The molecule has 0 saturated heterocycles. The molecule has 4 saturated carbocycles. The standard InChI is InChI=1S/C23H28N2O3S/c26-7-3-6-25-21(28)18-4-1-2-5-19(18)24-22(25)29-14-20(27)23-11-15-8-16(12-23)10-17(9-15)13-23/h1-2,4-5,15-17,26H,3,6-14H2. The van der Waals surface area contributed by atoms with Gasteiger partial charge in [-0.3, -0.25) is 14.2 Å². The Bertz CT molecular complexity index is 964. The molecule has 1 N–H and O–H groups in total. The molecule has 2 aromatic rings. The Kier molecular flexibility index (Phi) is 5.03. The number of benzene rings is 1. The minimum Gasteiger partial charge on any atom is -0.396 e. The molecule has 1 aromatic carbocycles. The highest BCUT2D eigenvalue weighted by atomic mass is 32.2. The Morgan fingerprint density at radius 2 is 1.79 bits per heavy atom. The number of aliphatic hydroxyl groups excluding tert-OH is 1. The molecule has 4 bridgehead atoms. The molecule has 6 heteroatoms. The summed E-state index contributed by atoms with van der Waals surface area (Å²) in [5.74, 6) is 2.98. The number of thioether (sulfide) groups is 1. The Hall–Kier alpha value is -1.66. The molecule has 4 aliphatic carbocycles. The molecular formula is C23H28N2O3S. The third-order valence-electron chi connectivity index (χ3n) is 7.33. The second-order valence-electron chi connectivity index (χ2n) is 9.36. The Labute approximate surface area is 174 Å². The van der Waals surface area contributed by atoms with Gasteiger partial charge in [0.1, 0.15) is 5.78 Å². The zero-order chi connectivity index (χ0) is 20.0. The van der Waals surface area contributed by atoms with Gasteiger partial charge in [-0.2, -0.15) is 0 Å². The van der Waals surface area contributed by atoms with Gasteiger partial charge in [-0.05, 0) is 74.8 Å². The first-order valence-electron chi connectivity index (χ1n) is 10.8. The summed E-state index contributed by atoms with van der Waals surface area (Å²) in [6, 6.07) is 7.35. The molecule has 0 unspecified atom stereocenters. The van der Waals surface area contributed by atoms with Gasteiger partial charge in [-0.25, -0.2) is 4.98 Å². The maximum atomic E-state index is 13.4. The van der Waals surface area contributed by atoms with E-state index in [-0.39, 0.29) is 17.6 Å². The maximum Gasteiger partial charge on any atom is 0.262 e. The van der Waals surface area contributed by atoms with E-state index in [1.807, 2.05) is 18.2 Å². The molecule has 0 spiro atoms. The van der Waals surface area contributed by atoms with Gasteiger partial charge >= 0.3 is 0 Å².